The Morgan fingerprint density at radius 2 is 1.88 bits per heavy atom. The highest BCUT2D eigenvalue weighted by Gasteiger charge is 2.31. The number of benzene rings is 1. The van der Waals surface area contributed by atoms with Gasteiger partial charge in [0, 0.05) is 25.0 Å². The van der Waals surface area contributed by atoms with Gasteiger partial charge >= 0.3 is 6.18 Å². The fraction of sp³-hybridized carbons (Fsp3) is 0.273. The zero-order valence-electron chi connectivity index (χ0n) is 17.2. The van der Waals surface area contributed by atoms with Gasteiger partial charge in [0.2, 0.25) is 5.91 Å². The monoisotopic (exact) mass is 477 g/mol. The zero-order valence-corrected chi connectivity index (χ0v) is 18.0. The van der Waals surface area contributed by atoms with Crippen LogP contribution in [-0.2, 0) is 11.0 Å². The SMILES string of the molecule is O=C(Nc1ccccc1)C1CCCN(c2cnn(-c3ccc(C(F)(F)F)cn3)c(=O)c2Cl)C1. The van der Waals surface area contributed by atoms with Crippen molar-refractivity contribution >= 4 is 28.9 Å². The summed E-state index contributed by atoms with van der Waals surface area (Å²) < 4.78 is 39.1. The van der Waals surface area contributed by atoms with E-state index >= 15 is 0 Å². The largest absolute Gasteiger partial charge is 0.417 e. The van der Waals surface area contributed by atoms with Crippen LogP contribution in [0.5, 0.6) is 0 Å². The van der Waals surface area contributed by atoms with Crippen LogP contribution in [0.3, 0.4) is 0 Å². The van der Waals surface area contributed by atoms with Crippen molar-refractivity contribution in [2.24, 2.45) is 5.92 Å². The predicted octanol–water partition coefficient (Wildman–Crippen LogP) is 4.15. The molecule has 3 heterocycles. The van der Waals surface area contributed by atoms with Gasteiger partial charge in [-0.1, -0.05) is 29.8 Å². The molecule has 1 fully saturated rings. The quantitative estimate of drug-likeness (QED) is 0.610. The van der Waals surface area contributed by atoms with Crippen LogP contribution in [0.15, 0.2) is 59.7 Å². The number of para-hydroxylation sites is 1. The summed E-state index contributed by atoms with van der Waals surface area (Å²) in [6.07, 6.45) is -1.14. The van der Waals surface area contributed by atoms with Crippen molar-refractivity contribution in [3.63, 3.8) is 0 Å². The molecule has 1 aromatic carbocycles. The molecular formula is C22H19ClF3N5O2. The van der Waals surface area contributed by atoms with E-state index in [1.54, 1.807) is 12.1 Å². The molecule has 1 amide bonds. The number of nitrogens with one attached hydrogen (secondary N) is 1. The third-order valence-electron chi connectivity index (χ3n) is 5.37. The van der Waals surface area contributed by atoms with Crippen LogP contribution in [0.4, 0.5) is 24.5 Å². The maximum atomic E-state index is 12.8. The number of piperidine rings is 1. The molecule has 2 aromatic heterocycles. The number of hydrogen-bond donors (Lipinski definition) is 1. The Morgan fingerprint density at radius 1 is 1.12 bits per heavy atom. The highest BCUT2D eigenvalue weighted by atomic mass is 35.5. The minimum absolute atomic E-state index is 0.0831. The van der Waals surface area contributed by atoms with E-state index in [2.05, 4.69) is 15.4 Å². The number of rotatable bonds is 4. The Balaban J connectivity index is 1.53. The first-order valence-corrected chi connectivity index (χ1v) is 10.5. The summed E-state index contributed by atoms with van der Waals surface area (Å²) in [5, 5.41) is 6.79. The van der Waals surface area contributed by atoms with Crippen molar-refractivity contribution in [3.05, 3.63) is 75.8 Å². The van der Waals surface area contributed by atoms with Gasteiger partial charge in [-0.2, -0.15) is 23.0 Å². The zero-order chi connectivity index (χ0) is 23.6. The van der Waals surface area contributed by atoms with Crippen molar-refractivity contribution in [2.75, 3.05) is 23.3 Å². The molecule has 0 saturated carbocycles. The Bertz CT molecular complexity index is 1200. The number of carbonyl (C=O) groups is 1. The summed E-state index contributed by atoms with van der Waals surface area (Å²) in [5.41, 5.74) is -0.583. The molecule has 1 unspecified atom stereocenters. The number of pyridine rings is 1. The van der Waals surface area contributed by atoms with Gasteiger partial charge in [-0.25, -0.2) is 4.98 Å². The number of alkyl halides is 3. The number of nitrogens with zero attached hydrogens (tertiary/aromatic N) is 4. The van der Waals surface area contributed by atoms with E-state index < -0.39 is 17.3 Å². The van der Waals surface area contributed by atoms with Crippen LogP contribution < -0.4 is 15.8 Å². The Hall–Kier alpha value is -3.40. The van der Waals surface area contributed by atoms with Gasteiger partial charge in [-0.15, -0.1) is 0 Å². The van der Waals surface area contributed by atoms with E-state index in [-0.39, 0.29) is 22.7 Å². The van der Waals surface area contributed by atoms with Crippen LogP contribution in [0, 0.1) is 5.92 Å². The lowest BCUT2D eigenvalue weighted by molar-refractivity contribution is -0.137. The maximum Gasteiger partial charge on any atom is 0.417 e. The van der Waals surface area contributed by atoms with Crippen molar-refractivity contribution < 1.29 is 18.0 Å². The van der Waals surface area contributed by atoms with Crippen LogP contribution in [0.25, 0.3) is 5.82 Å². The van der Waals surface area contributed by atoms with E-state index in [9.17, 15) is 22.8 Å². The predicted molar refractivity (Wildman–Crippen MR) is 118 cm³/mol. The number of anilines is 2. The highest BCUT2D eigenvalue weighted by Crippen LogP contribution is 2.30. The molecule has 11 heteroatoms. The van der Waals surface area contributed by atoms with Crippen molar-refractivity contribution in [3.8, 4) is 5.82 Å². The van der Waals surface area contributed by atoms with Gasteiger partial charge in [-0.05, 0) is 37.1 Å². The molecule has 7 nitrogen and oxygen atoms in total. The van der Waals surface area contributed by atoms with Crippen molar-refractivity contribution in [2.45, 2.75) is 19.0 Å². The lowest BCUT2D eigenvalue weighted by atomic mass is 9.96. The molecule has 172 valence electrons. The molecule has 0 aliphatic carbocycles. The summed E-state index contributed by atoms with van der Waals surface area (Å²) in [6.45, 7) is 0.931. The molecule has 0 radical (unpaired) electrons. The molecular weight excluding hydrogens is 459 g/mol. The standard InChI is InChI=1S/C22H19ClF3N5O2/c23-19-17(12-28-31(21(19)33)18-9-8-15(11-27-18)22(24,25)26)30-10-4-5-14(13-30)20(32)29-16-6-2-1-3-7-16/h1-3,6-9,11-12,14H,4-5,10,13H2,(H,29,32). The molecule has 1 N–H and O–H groups in total. The summed E-state index contributed by atoms with van der Waals surface area (Å²) in [5.74, 6) is -0.522. The fourth-order valence-corrected chi connectivity index (χ4v) is 3.91. The molecule has 33 heavy (non-hydrogen) atoms. The molecule has 1 aliphatic rings. The summed E-state index contributed by atoms with van der Waals surface area (Å²) in [6, 6.07) is 11.0. The van der Waals surface area contributed by atoms with Crippen LogP contribution in [0.1, 0.15) is 18.4 Å². The summed E-state index contributed by atoms with van der Waals surface area (Å²) in [4.78, 5) is 31.0. The molecule has 0 spiro atoms. The molecule has 4 rings (SSSR count). The van der Waals surface area contributed by atoms with Crippen molar-refractivity contribution in [1.82, 2.24) is 14.8 Å². The van der Waals surface area contributed by atoms with Gasteiger partial charge in [0.05, 0.1) is 23.4 Å². The molecule has 3 aromatic rings. The first kappa shape index (κ1) is 22.8. The lowest BCUT2D eigenvalue weighted by Gasteiger charge is -2.33. The minimum atomic E-state index is -4.54. The highest BCUT2D eigenvalue weighted by molar-refractivity contribution is 6.33. The number of halogens is 4. The van der Waals surface area contributed by atoms with Crippen molar-refractivity contribution in [1.29, 1.82) is 0 Å². The molecule has 1 aliphatic heterocycles. The van der Waals surface area contributed by atoms with E-state index in [1.165, 1.54) is 6.20 Å². The van der Waals surface area contributed by atoms with Crippen LogP contribution >= 0.6 is 11.6 Å². The van der Waals surface area contributed by atoms with E-state index in [4.69, 9.17) is 11.6 Å². The first-order chi connectivity index (χ1) is 15.7. The third-order valence-corrected chi connectivity index (χ3v) is 5.72. The Morgan fingerprint density at radius 3 is 2.55 bits per heavy atom. The second kappa shape index (κ2) is 9.22. The normalized spacial score (nSPS) is 16.5. The van der Waals surface area contributed by atoms with Gasteiger partial charge in [0.1, 0.15) is 5.02 Å². The number of hydrogen-bond acceptors (Lipinski definition) is 5. The van der Waals surface area contributed by atoms with E-state index in [1.807, 2.05) is 23.1 Å². The van der Waals surface area contributed by atoms with Gasteiger partial charge in [0.25, 0.3) is 5.56 Å². The molecule has 1 atom stereocenters. The summed E-state index contributed by atoms with van der Waals surface area (Å²) >= 11 is 6.32. The van der Waals surface area contributed by atoms with E-state index in [0.29, 0.717) is 43.5 Å². The topological polar surface area (TPSA) is 80.1 Å². The first-order valence-electron chi connectivity index (χ1n) is 10.2. The Labute approximate surface area is 191 Å². The lowest BCUT2D eigenvalue weighted by Crippen LogP contribution is -2.41. The average molecular weight is 478 g/mol. The molecule has 1 saturated heterocycles. The smallest absolute Gasteiger partial charge is 0.368 e. The fourth-order valence-electron chi connectivity index (χ4n) is 3.66. The third kappa shape index (κ3) is 5.00. The number of carbonyl (C=O) groups excluding carboxylic acids is 1. The summed E-state index contributed by atoms with van der Waals surface area (Å²) in [7, 11) is 0. The Kier molecular flexibility index (Phi) is 6.37. The van der Waals surface area contributed by atoms with Crippen LogP contribution in [-0.4, -0.2) is 33.8 Å². The number of aromatic nitrogens is 3. The van der Waals surface area contributed by atoms with Crippen LogP contribution in [0.2, 0.25) is 5.02 Å². The molecule has 0 bridgehead atoms. The minimum Gasteiger partial charge on any atom is -0.368 e. The maximum absolute atomic E-state index is 12.8. The van der Waals surface area contributed by atoms with Gasteiger partial charge < -0.3 is 10.2 Å². The second-order valence-electron chi connectivity index (χ2n) is 7.60. The number of amides is 1. The van der Waals surface area contributed by atoms with E-state index in [0.717, 1.165) is 16.8 Å². The average Bonchev–Trinajstić information content (AvgIpc) is 2.81. The van der Waals surface area contributed by atoms with Gasteiger partial charge in [0.15, 0.2) is 5.82 Å². The second-order valence-corrected chi connectivity index (χ2v) is 7.98. The van der Waals surface area contributed by atoms with Gasteiger partial charge in [-0.3, -0.25) is 9.59 Å².